The van der Waals surface area contributed by atoms with Gasteiger partial charge >= 0.3 is 0 Å². The van der Waals surface area contributed by atoms with E-state index in [0.717, 1.165) is 0 Å². The summed E-state index contributed by atoms with van der Waals surface area (Å²) >= 11 is 1.17. The van der Waals surface area contributed by atoms with E-state index in [0.29, 0.717) is 17.1 Å². The minimum atomic E-state index is -0.550. The lowest BCUT2D eigenvalue weighted by Crippen LogP contribution is -2.31. The van der Waals surface area contributed by atoms with Crippen LogP contribution in [0.15, 0.2) is 54.6 Å². The summed E-state index contributed by atoms with van der Waals surface area (Å²) in [6.07, 6.45) is 0.0976. The van der Waals surface area contributed by atoms with E-state index in [4.69, 9.17) is 4.74 Å². The standard InChI is InChI=1S/C19H18N2O4S/c1-25-15-10-6-5-9-14(15)20-17(22)12-26-16-11-18(23)21(19(16)24)13-7-3-2-4-8-13/h2-10,16H,11-12H2,1H3,(H,20,22). The largest absolute Gasteiger partial charge is 0.495 e. The summed E-state index contributed by atoms with van der Waals surface area (Å²) in [7, 11) is 1.53. The number of ether oxygens (including phenoxy) is 1. The normalized spacial score (nSPS) is 16.7. The lowest BCUT2D eigenvalue weighted by atomic mass is 10.3. The number of nitrogens with one attached hydrogen (secondary N) is 1. The molecule has 1 unspecified atom stereocenters. The van der Waals surface area contributed by atoms with Crippen molar-refractivity contribution in [3.05, 3.63) is 54.6 Å². The van der Waals surface area contributed by atoms with Gasteiger partial charge < -0.3 is 10.1 Å². The van der Waals surface area contributed by atoms with Gasteiger partial charge in [0.2, 0.25) is 17.7 Å². The van der Waals surface area contributed by atoms with Gasteiger partial charge in [0.1, 0.15) is 5.75 Å². The molecule has 1 heterocycles. The zero-order chi connectivity index (χ0) is 18.5. The quantitative estimate of drug-likeness (QED) is 0.792. The summed E-state index contributed by atoms with van der Waals surface area (Å²) in [5.74, 6) is -0.143. The first kappa shape index (κ1) is 18.0. The van der Waals surface area contributed by atoms with Crippen molar-refractivity contribution in [1.29, 1.82) is 0 Å². The van der Waals surface area contributed by atoms with Crippen LogP contribution < -0.4 is 15.0 Å². The van der Waals surface area contributed by atoms with E-state index in [1.54, 1.807) is 42.5 Å². The van der Waals surface area contributed by atoms with E-state index in [9.17, 15) is 14.4 Å². The number of hydrogen-bond acceptors (Lipinski definition) is 5. The van der Waals surface area contributed by atoms with Gasteiger partial charge in [-0.05, 0) is 24.3 Å². The molecule has 1 N–H and O–H groups in total. The van der Waals surface area contributed by atoms with Crippen molar-refractivity contribution in [1.82, 2.24) is 0 Å². The van der Waals surface area contributed by atoms with E-state index in [1.165, 1.54) is 23.8 Å². The van der Waals surface area contributed by atoms with Gasteiger partial charge in [-0.1, -0.05) is 30.3 Å². The van der Waals surface area contributed by atoms with Crippen LogP contribution in [-0.4, -0.2) is 35.8 Å². The van der Waals surface area contributed by atoms with Gasteiger partial charge in [0.25, 0.3) is 0 Å². The van der Waals surface area contributed by atoms with Crippen molar-refractivity contribution < 1.29 is 19.1 Å². The lowest BCUT2D eigenvalue weighted by molar-refractivity contribution is -0.121. The van der Waals surface area contributed by atoms with E-state index < -0.39 is 5.25 Å². The fourth-order valence-corrected chi connectivity index (χ4v) is 3.63. The molecule has 1 fully saturated rings. The molecule has 0 radical (unpaired) electrons. The van der Waals surface area contributed by atoms with Crippen LogP contribution in [0.4, 0.5) is 11.4 Å². The van der Waals surface area contributed by atoms with Gasteiger partial charge in [-0.25, -0.2) is 4.90 Å². The number of methoxy groups -OCH3 is 1. The number of nitrogens with zero attached hydrogens (tertiary/aromatic N) is 1. The van der Waals surface area contributed by atoms with Crippen molar-refractivity contribution in [2.75, 3.05) is 23.1 Å². The molecular formula is C19H18N2O4S. The van der Waals surface area contributed by atoms with Crippen LogP contribution in [0.3, 0.4) is 0 Å². The Kier molecular flexibility index (Phi) is 5.58. The molecule has 0 bridgehead atoms. The maximum absolute atomic E-state index is 12.5. The first-order valence-corrected chi connectivity index (χ1v) is 9.11. The molecule has 134 valence electrons. The molecule has 0 aromatic heterocycles. The minimum Gasteiger partial charge on any atom is -0.495 e. The molecule has 2 aromatic rings. The Hall–Kier alpha value is -2.80. The molecule has 0 aliphatic carbocycles. The lowest BCUT2D eigenvalue weighted by Gasteiger charge is -2.14. The van der Waals surface area contributed by atoms with Gasteiger partial charge in [-0.2, -0.15) is 0 Å². The second kappa shape index (κ2) is 8.05. The number of rotatable bonds is 6. The minimum absolute atomic E-state index is 0.0738. The molecule has 0 spiro atoms. The predicted octanol–water partition coefficient (Wildman–Crippen LogP) is 2.70. The number of amides is 3. The highest BCUT2D eigenvalue weighted by Gasteiger charge is 2.39. The number of thioether (sulfide) groups is 1. The average Bonchev–Trinajstić information content (AvgIpc) is 2.94. The first-order valence-electron chi connectivity index (χ1n) is 8.06. The van der Waals surface area contributed by atoms with Gasteiger partial charge in [0.05, 0.1) is 29.5 Å². The molecule has 3 rings (SSSR count). The van der Waals surface area contributed by atoms with Gasteiger partial charge in [-0.3, -0.25) is 14.4 Å². The molecule has 7 heteroatoms. The van der Waals surface area contributed by atoms with Crippen molar-refractivity contribution in [2.24, 2.45) is 0 Å². The molecule has 1 aliphatic rings. The third-order valence-corrected chi connectivity index (χ3v) is 5.12. The summed E-state index contributed by atoms with van der Waals surface area (Å²) in [4.78, 5) is 38.1. The van der Waals surface area contributed by atoms with E-state index in [1.807, 2.05) is 12.1 Å². The SMILES string of the molecule is COc1ccccc1NC(=O)CSC1CC(=O)N(c2ccccc2)C1=O. The number of anilines is 2. The third kappa shape index (κ3) is 3.88. The highest BCUT2D eigenvalue weighted by atomic mass is 32.2. The Morgan fingerprint density at radius 3 is 2.58 bits per heavy atom. The second-order valence-corrected chi connectivity index (χ2v) is 6.85. The Labute approximate surface area is 155 Å². The molecule has 3 amide bonds. The number of hydrogen-bond donors (Lipinski definition) is 1. The van der Waals surface area contributed by atoms with E-state index >= 15 is 0 Å². The molecule has 6 nitrogen and oxygen atoms in total. The fourth-order valence-electron chi connectivity index (χ4n) is 2.69. The Morgan fingerprint density at radius 2 is 1.85 bits per heavy atom. The van der Waals surface area contributed by atoms with Crippen LogP contribution >= 0.6 is 11.8 Å². The monoisotopic (exact) mass is 370 g/mol. The zero-order valence-corrected chi connectivity index (χ0v) is 15.0. The van der Waals surface area contributed by atoms with Crippen LogP contribution in [0.25, 0.3) is 0 Å². The van der Waals surface area contributed by atoms with Crippen molar-refractivity contribution in [3.8, 4) is 5.75 Å². The van der Waals surface area contributed by atoms with Crippen LogP contribution in [0.5, 0.6) is 5.75 Å². The van der Waals surface area contributed by atoms with Gasteiger partial charge in [-0.15, -0.1) is 11.8 Å². The van der Waals surface area contributed by atoms with Crippen LogP contribution in [0, 0.1) is 0 Å². The maximum atomic E-state index is 12.5. The summed E-state index contributed by atoms with van der Waals surface area (Å²) in [5, 5.41) is 2.21. The number of carbonyl (C=O) groups is 3. The molecule has 0 saturated carbocycles. The zero-order valence-electron chi connectivity index (χ0n) is 14.2. The summed E-state index contributed by atoms with van der Waals surface area (Å²) in [6.45, 7) is 0. The number of carbonyl (C=O) groups excluding carboxylic acids is 3. The molecule has 1 atom stereocenters. The molecule has 1 saturated heterocycles. The molecule has 2 aromatic carbocycles. The second-order valence-electron chi connectivity index (χ2n) is 5.66. The van der Waals surface area contributed by atoms with Gasteiger partial charge in [0.15, 0.2) is 0 Å². The topological polar surface area (TPSA) is 75.7 Å². The first-order chi connectivity index (χ1) is 12.6. The molecule has 26 heavy (non-hydrogen) atoms. The van der Waals surface area contributed by atoms with Gasteiger partial charge in [0, 0.05) is 6.42 Å². The fraction of sp³-hybridized carbons (Fsp3) is 0.211. The summed E-state index contributed by atoms with van der Waals surface area (Å²) in [6, 6.07) is 15.9. The molecular weight excluding hydrogens is 352 g/mol. The maximum Gasteiger partial charge on any atom is 0.247 e. The van der Waals surface area contributed by atoms with E-state index in [2.05, 4.69) is 5.32 Å². The number of imide groups is 1. The van der Waals surface area contributed by atoms with Crippen LogP contribution in [0.2, 0.25) is 0 Å². The Morgan fingerprint density at radius 1 is 1.15 bits per heavy atom. The average molecular weight is 370 g/mol. The highest BCUT2D eigenvalue weighted by Crippen LogP contribution is 2.30. The smallest absolute Gasteiger partial charge is 0.247 e. The van der Waals surface area contributed by atoms with Crippen molar-refractivity contribution in [2.45, 2.75) is 11.7 Å². The summed E-state index contributed by atoms with van der Waals surface area (Å²) < 4.78 is 5.19. The summed E-state index contributed by atoms with van der Waals surface area (Å²) in [5.41, 5.74) is 1.13. The van der Waals surface area contributed by atoms with Crippen molar-refractivity contribution >= 4 is 40.9 Å². The van der Waals surface area contributed by atoms with E-state index in [-0.39, 0.29) is 29.9 Å². The van der Waals surface area contributed by atoms with Crippen molar-refractivity contribution in [3.63, 3.8) is 0 Å². The molecule has 1 aliphatic heterocycles. The highest BCUT2D eigenvalue weighted by molar-refractivity contribution is 8.01. The Balaban J connectivity index is 1.59. The van der Waals surface area contributed by atoms with Crippen LogP contribution in [0.1, 0.15) is 6.42 Å². The third-order valence-electron chi connectivity index (χ3n) is 3.92. The number of para-hydroxylation sites is 3. The predicted molar refractivity (Wildman–Crippen MR) is 101 cm³/mol. The number of benzene rings is 2. The Bertz CT molecular complexity index is 825. The van der Waals surface area contributed by atoms with Crippen LogP contribution in [-0.2, 0) is 14.4 Å².